The van der Waals surface area contributed by atoms with Crippen molar-refractivity contribution in [2.45, 2.75) is 23.0 Å². The van der Waals surface area contributed by atoms with Crippen LogP contribution in [0, 0.1) is 5.92 Å². The fourth-order valence-electron chi connectivity index (χ4n) is 4.10. The summed E-state index contributed by atoms with van der Waals surface area (Å²) >= 11 is 6.22. The Morgan fingerprint density at radius 3 is 2.43 bits per heavy atom. The van der Waals surface area contributed by atoms with E-state index in [2.05, 4.69) is 4.98 Å². The zero-order chi connectivity index (χ0) is 19.7. The maximum Gasteiger partial charge on any atom is 0.186 e. The van der Waals surface area contributed by atoms with E-state index in [0.29, 0.717) is 33.9 Å². The molecule has 7 heteroatoms. The molecule has 1 fully saturated rings. The number of nitrogens with zero attached hydrogens (tertiary/aromatic N) is 2. The number of aromatic nitrogens is 1. The van der Waals surface area contributed by atoms with Gasteiger partial charge in [-0.2, -0.15) is 0 Å². The van der Waals surface area contributed by atoms with Gasteiger partial charge in [0.15, 0.2) is 9.84 Å². The number of hydrogen-bond acceptors (Lipinski definition) is 5. The van der Waals surface area contributed by atoms with Gasteiger partial charge in [-0.3, -0.25) is 5.84 Å². The van der Waals surface area contributed by atoms with Crippen molar-refractivity contribution in [1.29, 1.82) is 0 Å². The number of sulfone groups is 1. The first kappa shape index (κ1) is 19.3. The third kappa shape index (κ3) is 3.53. The molecule has 1 aromatic heterocycles. The molecule has 0 radical (unpaired) electrons. The minimum Gasteiger partial charge on any atom is -0.269 e. The van der Waals surface area contributed by atoms with Crippen molar-refractivity contribution in [3.05, 3.63) is 71.5 Å². The maximum absolute atomic E-state index is 13.9. The second-order valence-corrected chi connectivity index (χ2v) is 9.60. The van der Waals surface area contributed by atoms with Crippen LogP contribution in [-0.2, 0) is 9.84 Å². The Morgan fingerprint density at radius 1 is 1.00 bits per heavy atom. The van der Waals surface area contributed by atoms with E-state index < -0.39 is 15.1 Å². The molecule has 1 aliphatic rings. The summed E-state index contributed by atoms with van der Waals surface area (Å²) in [6.45, 7) is 1.38. The molecule has 1 atom stereocenters. The minimum absolute atomic E-state index is 0.000217. The zero-order valence-corrected chi connectivity index (χ0v) is 16.9. The number of halogens is 1. The average Bonchev–Trinajstić information content (AvgIpc) is 2.70. The lowest BCUT2D eigenvalue weighted by Crippen LogP contribution is -2.41. The van der Waals surface area contributed by atoms with Crippen molar-refractivity contribution in [3.8, 4) is 0 Å². The summed E-state index contributed by atoms with van der Waals surface area (Å²) in [6, 6.07) is 16.4. The van der Waals surface area contributed by atoms with Gasteiger partial charge < -0.3 is 0 Å². The van der Waals surface area contributed by atoms with E-state index in [-0.39, 0.29) is 5.92 Å². The zero-order valence-electron chi connectivity index (χ0n) is 15.3. The van der Waals surface area contributed by atoms with Gasteiger partial charge in [0, 0.05) is 30.1 Å². The molecule has 0 bridgehead atoms. The highest BCUT2D eigenvalue weighted by molar-refractivity contribution is 7.92. The number of piperidine rings is 1. The first-order valence-corrected chi connectivity index (χ1v) is 11.2. The van der Waals surface area contributed by atoms with Crippen LogP contribution in [0.4, 0.5) is 0 Å². The molecule has 3 aromatic rings. The van der Waals surface area contributed by atoms with E-state index in [1.165, 1.54) is 0 Å². The van der Waals surface area contributed by atoms with Crippen LogP contribution in [0.25, 0.3) is 10.8 Å². The first-order valence-electron chi connectivity index (χ1n) is 9.30. The molecule has 4 rings (SSSR count). The predicted molar refractivity (Wildman–Crippen MR) is 112 cm³/mol. The molecule has 0 saturated carbocycles. The lowest BCUT2D eigenvalue weighted by molar-refractivity contribution is 0.184. The van der Waals surface area contributed by atoms with Gasteiger partial charge in [-0.15, -0.1) is 0 Å². The third-order valence-electron chi connectivity index (χ3n) is 5.49. The van der Waals surface area contributed by atoms with E-state index in [0.717, 1.165) is 18.4 Å². The van der Waals surface area contributed by atoms with Crippen molar-refractivity contribution >= 4 is 32.2 Å². The molecule has 5 nitrogen and oxygen atoms in total. The van der Waals surface area contributed by atoms with Crippen LogP contribution in [0.1, 0.15) is 23.7 Å². The van der Waals surface area contributed by atoms with E-state index >= 15 is 0 Å². The second-order valence-electron chi connectivity index (χ2n) is 7.20. The van der Waals surface area contributed by atoms with Gasteiger partial charge in [-0.25, -0.2) is 18.4 Å². The number of nitrogens with two attached hydrogens (primary N) is 1. The lowest BCUT2D eigenvalue weighted by atomic mass is 9.90. The Labute approximate surface area is 170 Å². The molecule has 0 spiro atoms. The van der Waals surface area contributed by atoms with Crippen LogP contribution < -0.4 is 5.84 Å². The SMILES string of the molecule is NN1CCC(C(c2ccccc2)S(=O)(=O)c2cccc3c(Cl)nccc23)CC1. The lowest BCUT2D eigenvalue weighted by Gasteiger charge is -2.34. The highest BCUT2D eigenvalue weighted by Gasteiger charge is 2.38. The molecule has 1 aliphatic heterocycles. The summed E-state index contributed by atoms with van der Waals surface area (Å²) in [5.74, 6) is 5.91. The van der Waals surface area contributed by atoms with Gasteiger partial charge in [-0.1, -0.05) is 54.1 Å². The van der Waals surface area contributed by atoms with Gasteiger partial charge in [0.25, 0.3) is 0 Å². The second kappa shape index (κ2) is 7.79. The molecular weight excluding hydrogens is 394 g/mol. The Kier molecular flexibility index (Phi) is 5.38. The monoisotopic (exact) mass is 415 g/mol. The van der Waals surface area contributed by atoms with Crippen LogP contribution >= 0.6 is 11.6 Å². The Balaban J connectivity index is 1.87. The highest BCUT2D eigenvalue weighted by atomic mass is 35.5. The molecule has 0 amide bonds. The predicted octanol–water partition coefficient (Wildman–Crippen LogP) is 3.99. The molecule has 1 unspecified atom stereocenters. The number of pyridine rings is 1. The summed E-state index contributed by atoms with van der Waals surface area (Å²) in [7, 11) is -3.66. The Bertz CT molecular complexity index is 1080. The van der Waals surface area contributed by atoms with Crippen LogP contribution in [0.2, 0.25) is 5.15 Å². The van der Waals surface area contributed by atoms with Crippen molar-refractivity contribution in [1.82, 2.24) is 9.99 Å². The van der Waals surface area contributed by atoms with Crippen molar-refractivity contribution in [2.75, 3.05) is 13.1 Å². The van der Waals surface area contributed by atoms with Crippen LogP contribution in [-0.4, -0.2) is 31.5 Å². The molecular formula is C21H22ClN3O2S. The maximum atomic E-state index is 13.9. The van der Waals surface area contributed by atoms with Crippen LogP contribution in [0.15, 0.2) is 65.7 Å². The normalized spacial score (nSPS) is 17.6. The van der Waals surface area contributed by atoms with E-state index in [1.807, 2.05) is 30.3 Å². The van der Waals surface area contributed by atoms with Crippen LogP contribution in [0.3, 0.4) is 0 Å². The van der Waals surface area contributed by atoms with Gasteiger partial charge in [0.05, 0.1) is 10.1 Å². The van der Waals surface area contributed by atoms with Gasteiger partial charge >= 0.3 is 0 Å². The number of fused-ring (bicyclic) bond motifs is 1. The topological polar surface area (TPSA) is 76.3 Å². The quantitative estimate of drug-likeness (QED) is 0.515. The Hall–Kier alpha value is -1.99. The summed E-state index contributed by atoms with van der Waals surface area (Å²) in [6.07, 6.45) is 3.03. The third-order valence-corrected chi connectivity index (χ3v) is 8.08. The van der Waals surface area contributed by atoms with Crippen molar-refractivity contribution in [3.63, 3.8) is 0 Å². The van der Waals surface area contributed by atoms with Gasteiger partial charge in [-0.05, 0) is 36.5 Å². The highest BCUT2D eigenvalue weighted by Crippen LogP contribution is 2.42. The van der Waals surface area contributed by atoms with Crippen molar-refractivity contribution < 1.29 is 8.42 Å². The summed E-state index contributed by atoms with van der Waals surface area (Å²) < 4.78 is 27.9. The molecule has 2 aromatic carbocycles. The fourth-order valence-corrected chi connectivity index (χ4v) is 6.64. The Morgan fingerprint density at radius 2 is 1.71 bits per heavy atom. The number of hydrogen-bond donors (Lipinski definition) is 1. The van der Waals surface area contributed by atoms with Gasteiger partial charge in [0.2, 0.25) is 0 Å². The minimum atomic E-state index is -3.66. The van der Waals surface area contributed by atoms with E-state index in [9.17, 15) is 8.42 Å². The molecule has 2 N–H and O–H groups in total. The molecule has 146 valence electrons. The standard InChI is InChI=1S/C21H22ClN3O2S/c22-21-18-7-4-8-19(17(18)9-12-24-21)28(26,27)20(15-5-2-1-3-6-15)16-10-13-25(23)14-11-16/h1-9,12,16,20H,10-11,13-14,23H2. The first-order chi connectivity index (χ1) is 13.5. The molecule has 28 heavy (non-hydrogen) atoms. The largest absolute Gasteiger partial charge is 0.269 e. The number of benzene rings is 2. The fraction of sp³-hybridized carbons (Fsp3) is 0.286. The van der Waals surface area contributed by atoms with E-state index in [4.69, 9.17) is 17.4 Å². The molecule has 2 heterocycles. The average molecular weight is 416 g/mol. The summed E-state index contributed by atoms with van der Waals surface area (Å²) in [5, 5.41) is 2.70. The summed E-state index contributed by atoms with van der Waals surface area (Å²) in [4.78, 5) is 4.39. The number of hydrazine groups is 1. The molecule has 0 aliphatic carbocycles. The smallest absolute Gasteiger partial charge is 0.186 e. The van der Waals surface area contributed by atoms with E-state index in [1.54, 1.807) is 35.5 Å². The van der Waals surface area contributed by atoms with Gasteiger partial charge in [0.1, 0.15) is 5.15 Å². The van der Waals surface area contributed by atoms with Crippen LogP contribution in [0.5, 0.6) is 0 Å². The molecule has 1 saturated heterocycles. The number of rotatable bonds is 4. The van der Waals surface area contributed by atoms with Crippen molar-refractivity contribution in [2.24, 2.45) is 11.8 Å². The summed E-state index contributed by atoms with van der Waals surface area (Å²) in [5.41, 5.74) is 0.815.